The Morgan fingerprint density at radius 2 is 1.69 bits per heavy atom. The van der Waals surface area contributed by atoms with E-state index < -0.39 is 8.07 Å². The van der Waals surface area contributed by atoms with Crippen molar-refractivity contribution in [3.63, 3.8) is 0 Å². The number of rotatable bonds is 1. The predicted molar refractivity (Wildman–Crippen MR) is 60.6 cm³/mol. The molecule has 1 aliphatic heterocycles. The van der Waals surface area contributed by atoms with Crippen LogP contribution >= 0.6 is 0 Å². The van der Waals surface area contributed by atoms with E-state index in [1.165, 1.54) is 0 Å². The highest BCUT2D eigenvalue weighted by atomic mass is 28.3. The van der Waals surface area contributed by atoms with Crippen LogP contribution in [0.25, 0.3) is 0 Å². The van der Waals surface area contributed by atoms with Gasteiger partial charge in [-0.2, -0.15) is 0 Å². The third-order valence-corrected chi connectivity index (χ3v) is 5.21. The predicted octanol–water partition coefficient (Wildman–Crippen LogP) is 3.65. The van der Waals surface area contributed by atoms with Crippen LogP contribution in [0.2, 0.25) is 25.2 Å². The standard InChI is InChI=1S/C11H22OSi/c1-8-9(13(5,6)7)10(12-8)11(2,3)4/h9-10H,1H2,2-7H3/t9-,10-/m1/s1. The summed E-state index contributed by atoms with van der Waals surface area (Å²) in [6.07, 6.45) is 0.395. The van der Waals surface area contributed by atoms with E-state index >= 15 is 0 Å². The molecule has 0 bridgehead atoms. The van der Waals surface area contributed by atoms with E-state index in [1.807, 2.05) is 0 Å². The molecule has 0 amide bonds. The van der Waals surface area contributed by atoms with Crippen LogP contribution in [0.1, 0.15) is 20.8 Å². The first kappa shape index (κ1) is 10.8. The molecule has 76 valence electrons. The Balaban J connectivity index is 2.79. The summed E-state index contributed by atoms with van der Waals surface area (Å²) in [7, 11) is -1.13. The topological polar surface area (TPSA) is 9.23 Å². The summed E-state index contributed by atoms with van der Waals surface area (Å²) in [6.45, 7) is 17.9. The van der Waals surface area contributed by atoms with Gasteiger partial charge in [0.25, 0.3) is 0 Å². The maximum absolute atomic E-state index is 5.68. The summed E-state index contributed by atoms with van der Waals surface area (Å²) in [5.41, 5.74) is 0.902. The first-order valence-electron chi connectivity index (χ1n) is 4.99. The molecule has 0 aromatic heterocycles. The van der Waals surface area contributed by atoms with Crippen molar-refractivity contribution in [3.05, 3.63) is 12.3 Å². The van der Waals surface area contributed by atoms with E-state index in [4.69, 9.17) is 4.74 Å². The van der Waals surface area contributed by atoms with E-state index in [0.29, 0.717) is 11.6 Å². The Kier molecular flexibility index (Phi) is 2.40. The van der Waals surface area contributed by atoms with E-state index in [-0.39, 0.29) is 5.41 Å². The zero-order valence-corrected chi connectivity index (χ0v) is 10.8. The van der Waals surface area contributed by atoms with Crippen LogP contribution < -0.4 is 0 Å². The first-order valence-corrected chi connectivity index (χ1v) is 8.57. The molecule has 0 aromatic carbocycles. The maximum Gasteiger partial charge on any atom is 0.110 e. The summed E-state index contributed by atoms with van der Waals surface area (Å²) in [4.78, 5) is 0. The van der Waals surface area contributed by atoms with Gasteiger partial charge in [-0.3, -0.25) is 0 Å². The van der Waals surface area contributed by atoms with Gasteiger partial charge in [0.15, 0.2) is 0 Å². The van der Waals surface area contributed by atoms with Crippen LogP contribution in [0.15, 0.2) is 12.3 Å². The van der Waals surface area contributed by atoms with Crippen molar-refractivity contribution in [1.29, 1.82) is 0 Å². The van der Waals surface area contributed by atoms with Gasteiger partial charge in [0.1, 0.15) is 6.10 Å². The van der Waals surface area contributed by atoms with Crippen molar-refractivity contribution >= 4 is 8.07 Å². The monoisotopic (exact) mass is 198 g/mol. The van der Waals surface area contributed by atoms with E-state index in [1.54, 1.807) is 0 Å². The van der Waals surface area contributed by atoms with E-state index in [2.05, 4.69) is 47.0 Å². The van der Waals surface area contributed by atoms with Gasteiger partial charge in [0.2, 0.25) is 0 Å². The molecule has 2 heteroatoms. The molecule has 0 unspecified atom stereocenters. The third-order valence-electron chi connectivity index (χ3n) is 2.71. The van der Waals surface area contributed by atoms with Crippen LogP contribution in [0.4, 0.5) is 0 Å². The van der Waals surface area contributed by atoms with Crippen molar-refractivity contribution < 1.29 is 4.74 Å². The SMILES string of the molecule is C=C1O[C@@H](C(C)(C)C)[C@@H]1[Si](C)(C)C. The maximum atomic E-state index is 5.68. The molecule has 0 aliphatic carbocycles. The van der Waals surface area contributed by atoms with Crippen LogP contribution in [-0.4, -0.2) is 14.2 Å². The molecular formula is C11H22OSi. The van der Waals surface area contributed by atoms with Gasteiger partial charge in [0, 0.05) is 5.54 Å². The highest BCUT2D eigenvalue weighted by Crippen LogP contribution is 2.50. The van der Waals surface area contributed by atoms with Gasteiger partial charge < -0.3 is 4.74 Å². The lowest BCUT2D eigenvalue weighted by Gasteiger charge is -2.51. The molecule has 1 heterocycles. The molecule has 1 saturated heterocycles. The van der Waals surface area contributed by atoms with E-state index in [9.17, 15) is 0 Å². The molecule has 1 aliphatic rings. The van der Waals surface area contributed by atoms with Crippen molar-refractivity contribution in [2.24, 2.45) is 5.41 Å². The van der Waals surface area contributed by atoms with Gasteiger partial charge in [-0.1, -0.05) is 47.0 Å². The molecule has 0 aromatic rings. The lowest BCUT2D eigenvalue weighted by Crippen LogP contribution is -2.52. The average Bonchev–Trinajstić information content (AvgIpc) is 1.75. The minimum Gasteiger partial charge on any atom is -0.494 e. The lowest BCUT2D eigenvalue weighted by molar-refractivity contribution is -0.0529. The molecule has 0 radical (unpaired) electrons. The number of ether oxygens (including phenoxy) is 1. The van der Waals surface area contributed by atoms with Crippen molar-refractivity contribution in [2.45, 2.75) is 52.1 Å². The third kappa shape index (κ3) is 1.98. The van der Waals surface area contributed by atoms with Gasteiger partial charge in [-0.25, -0.2) is 0 Å². The molecule has 0 saturated carbocycles. The Morgan fingerprint density at radius 3 is 1.85 bits per heavy atom. The Hall–Kier alpha value is -0.243. The fraction of sp³-hybridized carbons (Fsp3) is 0.818. The zero-order valence-electron chi connectivity index (χ0n) is 9.77. The summed E-state index contributed by atoms with van der Waals surface area (Å²) >= 11 is 0. The van der Waals surface area contributed by atoms with Crippen LogP contribution in [0, 0.1) is 5.41 Å². The van der Waals surface area contributed by atoms with Crippen LogP contribution in [0.5, 0.6) is 0 Å². The molecular weight excluding hydrogens is 176 g/mol. The molecule has 1 fully saturated rings. The summed E-state index contributed by atoms with van der Waals surface area (Å²) in [5.74, 6) is 1.03. The Labute approximate surface area is 83.2 Å². The first-order chi connectivity index (χ1) is 5.64. The second-order valence-electron chi connectivity index (χ2n) is 6.21. The van der Waals surface area contributed by atoms with Crippen molar-refractivity contribution in [2.75, 3.05) is 0 Å². The van der Waals surface area contributed by atoms with Gasteiger partial charge >= 0.3 is 0 Å². The van der Waals surface area contributed by atoms with Crippen LogP contribution in [-0.2, 0) is 4.74 Å². The summed E-state index contributed by atoms with van der Waals surface area (Å²) in [5, 5.41) is 0. The van der Waals surface area contributed by atoms with Crippen molar-refractivity contribution in [3.8, 4) is 0 Å². The van der Waals surface area contributed by atoms with Gasteiger partial charge in [-0.05, 0) is 5.41 Å². The summed E-state index contributed by atoms with van der Waals surface area (Å²) < 4.78 is 5.68. The van der Waals surface area contributed by atoms with Gasteiger partial charge in [-0.15, -0.1) is 0 Å². The molecule has 2 atom stereocenters. The molecule has 0 spiro atoms. The average molecular weight is 198 g/mol. The minimum absolute atomic E-state index is 0.256. The summed E-state index contributed by atoms with van der Waals surface area (Å²) in [6, 6.07) is 0. The lowest BCUT2D eigenvalue weighted by atomic mass is 9.83. The highest BCUT2D eigenvalue weighted by molar-refractivity contribution is 6.78. The molecule has 0 N–H and O–H groups in total. The number of hydrogen-bond donors (Lipinski definition) is 0. The molecule has 1 rings (SSSR count). The zero-order chi connectivity index (χ0) is 10.4. The van der Waals surface area contributed by atoms with E-state index in [0.717, 1.165) is 5.76 Å². The normalized spacial score (nSPS) is 29.5. The fourth-order valence-electron chi connectivity index (χ4n) is 2.01. The minimum atomic E-state index is -1.13. The second kappa shape index (κ2) is 2.87. The number of hydrogen-bond acceptors (Lipinski definition) is 1. The smallest absolute Gasteiger partial charge is 0.110 e. The second-order valence-corrected chi connectivity index (χ2v) is 11.6. The molecule has 1 nitrogen and oxygen atoms in total. The molecule has 13 heavy (non-hydrogen) atoms. The van der Waals surface area contributed by atoms with Crippen LogP contribution in [0.3, 0.4) is 0 Å². The Morgan fingerprint density at radius 1 is 1.23 bits per heavy atom. The largest absolute Gasteiger partial charge is 0.494 e. The highest BCUT2D eigenvalue weighted by Gasteiger charge is 2.50. The fourth-order valence-corrected chi connectivity index (χ4v) is 4.53. The quantitative estimate of drug-likeness (QED) is 0.584. The van der Waals surface area contributed by atoms with Crippen molar-refractivity contribution in [1.82, 2.24) is 0 Å². The van der Waals surface area contributed by atoms with Gasteiger partial charge in [0.05, 0.1) is 13.8 Å². The Bertz CT molecular complexity index is 219.